The Bertz CT molecular complexity index is 1590. The van der Waals surface area contributed by atoms with Crippen LogP contribution in [0.15, 0.2) is 30.5 Å². The molecule has 13 heteroatoms. The molecule has 3 aromatic heterocycles. The third-order valence-corrected chi connectivity index (χ3v) is 9.50. The summed E-state index contributed by atoms with van der Waals surface area (Å²) in [5.74, 6) is 1.58. The number of aromatic nitrogens is 4. The van der Waals surface area contributed by atoms with E-state index in [4.69, 9.17) is 14.7 Å². The number of amides is 1. The number of aromatic amines is 1. The third kappa shape index (κ3) is 4.98. The maximum absolute atomic E-state index is 12.9. The molecule has 4 aromatic rings. The van der Waals surface area contributed by atoms with Crippen LogP contribution in [0, 0.1) is 0 Å². The van der Waals surface area contributed by atoms with Crippen molar-refractivity contribution < 1.29 is 17.9 Å². The number of hydrogen-bond acceptors (Lipinski definition) is 9. The number of nitrogens with one attached hydrogen (secondary N) is 1. The summed E-state index contributed by atoms with van der Waals surface area (Å²) < 4.78 is 30.5. The molecule has 1 amide bonds. The molecule has 0 aliphatic carbocycles. The number of piperazine rings is 1. The molecule has 2 saturated heterocycles. The van der Waals surface area contributed by atoms with Crippen LogP contribution in [0.3, 0.4) is 0 Å². The zero-order valence-electron chi connectivity index (χ0n) is 21.1. The van der Waals surface area contributed by atoms with Crippen molar-refractivity contribution in [1.82, 2.24) is 29.4 Å². The number of sulfonamides is 1. The van der Waals surface area contributed by atoms with E-state index >= 15 is 0 Å². The molecule has 2 aliphatic heterocycles. The number of carbonyl (C=O) groups excluding carboxylic acids is 1. The van der Waals surface area contributed by atoms with E-state index in [2.05, 4.69) is 21.2 Å². The van der Waals surface area contributed by atoms with Gasteiger partial charge in [0.25, 0.3) is 0 Å². The van der Waals surface area contributed by atoms with Crippen molar-refractivity contribution in [2.24, 2.45) is 0 Å². The van der Waals surface area contributed by atoms with Gasteiger partial charge in [-0.25, -0.2) is 18.4 Å². The Balaban J connectivity index is 1.26. The number of benzene rings is 1. The van der Waals surface area contributed by atoms with Gasteiger partial charge in [-0.1, -0.05) is 12.1 Å². The molecular formula is C25H29N7O4S2. The Morgan fingerprint density at radius 2 is 1.87 bits per heavy atom. The minimum atomic E-state index is -3.22. The first-order chi connectivity index (χ1) is 18.4. The number of anilines is 1. The fourth-order valence-electron chi connectivity index (χ4n) is 5.04. The lowest BCUT2D eigenvalue weighted by molar-refractivity contribution is -0.132. The Labute approximate surface area is 224 Å². The maximum Gasteiger partial charge on any atom is 0.223 e. The second-order valence-electron chi connectivity index (χ2n) is 9.58. The Morgan fingerprint density at radius 1 is 1.08 bits per heavy atom. The summed E-state index contributed by atoms with van der Waals surface area (Å²) in [5, 5.41) is 9.16. The van der Waals surface area contributed by atoms with Gasteiger partial charge >= 0.3 is 0 Å². The normalized spacial score (nSPS) is 17.5. The molecule has 200 valence electrons. The van der Waals surface area contributed by atoms with Crippen LogP contribution in [0.1, 0.15) is 11.3 Å². The lowest BCUT2D eigenvalue weighted by atomic mass is 10.1. The van der Waals surface area contributed by atoms with Gasteiger partial charge in [0.15, 0.2) is 5.82 Å². The number of fused-ring (bicyclic) bond motifs is 2. The fraction of sp³-hybridized carbons (Fsp3) is 0.440. The third-order valence-electron chi connectivity index (χ3n) is 7.11. The van der Waals surface area contributed by atoms with Gasteiger partial charge < -0.3 is 14.5 Å². The zero-order chi connectivity index (χ0) is 26.3. The first-order valence-corrected chi connectivity index (χ1v) is 15.3. The van der Waals surface area contributed by atoms with Gasteiger partial charge in [-0.05, 0) is 18.6 Å². The minimum absolute atomic E-state index is 0.0439. The second-order valence-corrected chi connectivity index (χ2v) is 12.7. The molecule has 0 atom stereocenters. The van der Waals surface area contributed by atoms with E-state index in [9.17, 15) is 13.2 Å². The first kappa shape index (κ1) is 25.2. The fourth-order valence-corrected chi connectivity index (χ4v) is 6.88. The number of hydrogen-bond donors (Lipinski definition) is 1. The van der Waals surface area contributed by atoms with Gasteiger partial charge in [0, 0.05) is 61.5 Å². The highest BCUT2D eigenvalue weighted by atomic mass is 32.2. The average Bonchev–Trinajstić information content (AvgIpc) is 3.58. The highest BCUT2D eigenvalue weighted by molar-refractivity contribution is 7.88. The second kappa shape index (κ2) is 10.2. The van der Waals surface area contributed by atoms with Gasteiger partial charge in [-0.15, -0.1) is 11.3 Å². The number of carbonyl (C=O) groups is 1. The lowest BCUT2D eigenvalue weighted by Gasteiger charge is -2.33. The topological polar surface area (TPSA) is 125 Å². The summed E-state index contributed by atoms with van der Waals surface area (Å²) >= 11 is 1.59. The van der Waals surface area contributed by atoms with Crippen molar-refractivity contribution >= 4 is 54.2 Å². The summed E-state index contributed by atoms with van der Waals surface area (Å²) in [5.41, 5.74) is 1.85. The molecule has 6 rings (SSSR count). The van der Waals surface area contributed by atoms with Crippen LogP contribution in [0.5, 0.6) is 0 Å². The highest BCUT2D eigenvalue weighted by Crippen LogP contribution is 2.35. The van der Waals surface area contributed by atoms with Crippen molar-refractivity contribution in [3.63, 3.8) is 0 Å². The van der Waals surface area contributed by atoms with Gasteiger partial charge in [-0.3, -0.25) is 9.89 Å². The smallest absolute Gasteiger partial charge is 0.223 e. The standard InChI is InChI=1S/C25H29N7O4S2/c1-38(34,35)32-9-7-30(8-10-32)22(33)6-5-17-15-19-24(31-11-13-36-14-12-31)27-23(28-25(19)37-17)18-3-2-4-21-20(18)16-26-29-21/h2-4,15-16H,5-14H2,1H3,(H,26,29). The molecule has 0 spiro atoms. The molecule has 1 N–H and O–H groups in total. The van der Waals surface area contributed by atoms with Gasteiger partial charge in [0.2, 0.25) is 15.9 Å². The predicted octanol–water partition coefficient (Wildman–Crippen LogP) is 2.11. The largest absolute Gasteiger partial charge is 0.378 e. The monoisotopic (exact) mass is 555 g/mol. The summed E-state index contributed by atoms with van der Waals surface area (Å²) in [4.78, 5) is 28.8. The highest BCUT2D eigenvalue weighted by Gasteiger charge is 2.26. The van der Waals surface area contributed by atoms with Crippen molar-refractivity contribution in [2.75, 3.05) is 63.6 Å². The van der Waals surface area contributed by atoms with E-state index in [1.54, 1.807) is 22.4 Å². The Hall–Kier alpha value is -3.13. The predicted molar refractivity (Wildman–Crippen MR) is 147 cm³/mol. The van der Waals surface area contributed by atoms with E-state index in [1.807, 2.05) is 18.2 Å². The summed E-state index contributed by atoms with van der Waals surface area (Å²) in [6, 6.07) is 8.08. The van der Waals surface area contributed by atoms with E-state index < -0.39 is 10.0 Å². The van der Waals surface area contributed by atoms with Crippen molar-refractivity contribution in [1.29, 1.82) is 0 Å². The van der Waals surface area contributed by atoms with Crippen LogP contribution in [0.4, 0.5) is 5.82 Å². The number of rotatable bonds is 6. The molecule has 0 unspecified atom stereocenters. The van der Waals surface area contributed by atoms with Crippen LogP contribution in [0.25, 0.3) is 32.5 Å². The first-order valence-electron chi connectivity index (χ1n) is 12.7. The van der Waals surface area contributed by atoms with E-state index in [0.29, 0.717) is 58.1 Å². The molecule has 1 aromatic carbocycles. The van der Waals surface area contributed by atoms with Crippen LogP contribution in [-0.4, -0.2) is 102 Å². The lowest BCUT2D eigenvalue weighted by Crippen LogP contribution is -2.50. The zero-order valence-corrected chi connectivity index (χ0v) is 22.7. The molecular weight excluding hydrogens is 526 g/mol. The average molecular weight is 556 g/mol. The van der Waals surface area contributed by atoms with Crippen molar-refractivity contribution in [3.05, 3.63) is 35.3 Å². The Kier molecular flexibility index (Phi) is 6.76. The van der Waals surface area contributed by atoms with E-state index in [-0.39, 0.29) is 5.91 Å². The number of morpholine rings is 1. The van der Waals surface area contributed by atoms with Crippen LogP contribution < -0.4 is 4.90 Å². The quantitative estimate of drug-likeness (QED) is 0.384. The van der Waals surface area contributed by atoms with E-state index in [0.717, 1.165) is 50.5 Å². The van der Waals surface area contributed by atoms with Gasteiger partial charge in [0.05, 0.1) is 36.6 Å². The molecule has 38 heavy (non-hydrogen) atoms. The van der Waals surface area contributed by atoms with Crippen LogP contribution in [-0.2, 0) is 26.0 Å². The Morgan fingerprint density at radius 3 is 2.63 bits per heavy atom. The molecule has 2 aliphatic rings. The van der Waals surface area contributed by atoms with Crippen LogP contribution in [0.2, 0.25) is 0 Å². The van der Waals surface area contributed by atoms with Crippen molar-refractivity contribution in [3.8, 4) is 11.4 Å². The van der Waals surface area contributed by atoms with Crippen LogP contribution >= 0.6 is 11.3 Å². The molecule has 0 bridgehead atoms. The van der Waals surface area contributed by atoms with Gasteiger partial charge in [-0.2, -0.15) is 9.40 Å². The molecule has 0 saturated carbocycles. The molecule has 11 nitrogen and oxygen atoms in total. The number of thiophene rings is 1. The number of H-pyrrole nitrogens is 1. The molecule has 0 radical (unpaired) electrons. The number of ether oxygens (including phenoxy) is 1. The summed E-state index contributed by atoms with van der Waals surface area (Å²) in [6.07, 6.45) is 3.98. The van der Waals surface area contributed by atoms with Crippen molar-refractivity contribution in [2.45, 2.75) is 12.8 Å². The summed E-state index contributed by atoms with van der Waals surface area (Å²) in [6.45, 7) is 4.35. The van der Waals surface area contributed by atoms with Gasteiger partial charge in [0.1, 0.15) is 10.6 Å². The summed E-state index contributed by atoms with van der Waals surface area (Å²) in [7, 11) is -3.22. The molecule has 5 heterocycles. The minimum Gasteiger partial charge on any atom is -0.378 e. The number of nitrogens with zero attached hydrogens (tertiary/aromatic N) is 6. The maximum atomic E-state index is 12.9. The SMILES string of the molecule is CS(=O)(=O)N1CCN(C(=O)CCc2cc3c(N4CCOCC4)nc(-c4cccc5[nH]ncc45)nc3s2)CC1. The van der Waals surface area contributed by atoms with E-state index in [1.165, 1.54) is 10.6 Å². The number of aryl methyl sites for hydroxylation is 1. The molecule has 2 fully saturated rings.